The molecule has 0 spiro atoms. The highest BCUT2D eigenvalue weighted by Gasteiger charge is 2.27. The van der Waals surface area contributed by atoms with E-state index in [0.717, 1.165) is 0 Å². The van der Waals surface area contributed by atoms with Gasteiger partial charge in [0.05, 0.1) is 23.5 Å². The minimum atomic E-state index is -0.375. The molecular formula is C11H16N4O2. The lowest BCUT2D eigenvalue weighted by Gasteiger charge is -2.10. The topological polar surface area (TPSA) is 84.8 Å². The molecule has 0 aromatic carbocycles. The summed E-state index contributed by atoms with van der Waals surface area (Å²) in [5.41, 5.74) is 1.21. The van der Waals surface area contributed by atoms with Gasteiger partial charge >= 0.3 is 5.69 Å². The molecule has 1 heterocycles. The molecule has 0 bridgehead atoms. The third kappa shape index (κ3) is 2.44. The second-order valence-electron chi connectivity index (χ2n) is 3.86. The van der Waals surface area contributed by atoms with Crippen LogP contribution in [-0.2, 0) is 12.8 Å². The van der Waals surface area contributed by atoms with Crippen molar-refractivity contribution >= 4 is 5.69 Å². The molecule has 6 nitrogen and oxygen atoms in total. The summed E-state index contributed by atoms with van der Waals surface area (Å²) in [6.07, 6.45) is 1.36. The van der Waals surface area contributed by atoms with Gasteiger partial charge in [-0.1, -0.05) is 13.8 Å². The van der Waals surface area contributed by atoms with E-state index in [-0.39, 0.29) is 16.7 Å². The molecule has 0 saturated carbocycles. The van der Waals surface area contributed by atoms with E-state index in [4.69, 9.17) is 5.26 Å². The third-order valence-corrected chi connectivity index (χ3v) is 2.71. The van der Waals surface area contributed by atoms with E-state index in [9.17, 15) is 10.1 Å². The van der Waals surface area contributed by atoms with E-state index < -0.39 is 0 Å². The zero-order valence-corrected chi connectivity index (χ0v) is 10.3. The Morgan fingerprint density at radius 2 is 2.18 bits per heavy atom. The van der Waals surface area contributed by atoms with Crippen molar-refractivity contribution in [2.24, 2.45) is 0 Å². The molecule has 0 aliphatic carbocycles. The smallest absolute Gasteiger partial charge is 0.258 e. The molecule has 0 aliphatic rings. The van der Waals surface area contributed by atoms with E-state index in [0.29, 0.717) is 30.7 Å². The Hall–Kier alpha value is -1.90. The molecular weight excluding hydrogens is 220 g/mol. The van der Waals surface area contributed by atoms with Crippen LogP contribution in [0.4, 0.5) is 5.69 Å². The summed E-state index contributed by atoms with van der Waals surface area (Å²) in [5.74, 6) is 0. The van der Waals surface area contributed by atoms with E-state index in [1.165, 1.54) is 0 Å². The highest BCUT2D eigenvalue weighted by Crippen LogP contribution is 2.27. The van der Waals surface area contributed by atoms with Crippen LogP contribution in [-0.4, -0.2) is 14.7 Å². The fourth-order valence-corrected chi connectivity index (χ4v) is 1.87. The molecule has 1 atom stereocenters. The average molecular weight is 236 g/mol. The molecule has 1 aromatic rings. The van der Waals surface area contributed by atoms with E-state index in [2.05, 4.69) is 11.2 Å². The Morgan fingerprint density at radius 3 is 2.59 bits per heavy atom. The van der Waals surface area contributed by atoms with Crippen molar-refractivity contribution in [3.05, 3.63) is 21.5 Å². The second kappa shape index (κ2) is 5.43. The van der Waals surface area contributed by atoms with E-state index in [1.54, 1.807) is 4.68 Å². The van der Waals surface area contributed by atoms with E-state index in [1.807, 2.05) is 20.8 Å². The van der Waals surface area contributed by atoms with Crippen LogP contribution in [0.2, 0.25) is 0 Å². The number of nitro groups is 1. The number of nitriles is 1. The Kier molecular flexibility index (Phi) is 4.21. The first kappa shape index (κ1) is 13.2. The van der Waals surface area contributed by atoms with Crippen LogP contribution in [0.15, 0.2) is 0 Å². The fourth-order valence-electron chi connectivity index (χ4n) is 1.87. The van der Waals surface area contributed by atoms with Crippen molar-refractivity contribution in [3.63, 3.8) is 0 Å². The number of hydrogen-bond acceptors (Lipinski definition) is 4. The normalized spacial score (nSPS) is 12.1. The molecule has 6 heteroatoms. The van der Waals surface area contributed by atoms with Gasteiger partial charge in [0.25, 0.3) is 0 Å². The average Bonchev–Trinajstić information content (AvgIpc) is 2.67. The zero-order chi connectivity index (χ0) is 13.0. The monoisotopic (exact) mass is 236 g/mol. The predicted molar refractivity (Wildman–Crippen MR) is 62.6 cm³/mol. The summed E-state index contributed by atoms with van der Waals surface area (Å²) >= 11 is 0. The van der Waals surface area contributed by atoms with Crippen LogP contribution >= 0.6 is 0 Å². The summed E-state index contributed by atoms with van der Waals surface area (Å²) in [4.78, 5) is 10.7. The van der Waals surface area contributed by atoms with Gasteiger partial charge in [-0.05, 0) is 19.8 Å². The lowest BCUT2D eigenvalue weighted by Crippen LogP contribution is -2.10. The molecule has 1 rings (SSSR count). The maximum atomic E-state index is 11.0. The molecule has 1 unspecified atom stereocenters. The summed E-state index contributed by atoms with van der Waals surface area (Å²) in [6, 6.07) is 1.93. The Labute approximate surface area is 100 Å². The van der Waals surface area contributed by atoms with Crippen LogP contribution < -0.4 is 0 Å². The number of aromatic nitrogens is 2. The minimum Gasteiger partial charge on any atom is -0.258 e. The van der Waals surface area contributed by atoms with Crippen molar-refractivity contribution in [1.82, 2.24) is 9.78 Å². The zero-order valence-electron chi connectivity index (χ0n) is 10.3. The molecule has 1 aromatic heterocycles. The van der Waals surface area contributed by atoms with Crippen molar-refractivity contribution in [3.8, 4) is 6.07 Å². The van der Waals surface area contributed by atoms with Gasteiger partial charge in [-0.15, -0.1) is 0 Å². The Bertz CT molecular complexity index is 459. The SMILES string of the molecule is CCc1nn(C(C)CC#N)c(CC)c1[N+](=O)[O-]. The molecule has 0 amide bonds. The predicted octanol–water partition coefficient (Wildman–Crippen LogP) is 2.39. The van der Waals surface area contributed by atoms with Crippen molar-refractivity contribution in [2.75, 3.05) is 0 Å². The molecule has 0 fully saturated rings. The van der Waals surface area contributed by atoms with E-state index >= 15 is 0 Å². The quantitative estimate of drug-likeness (QED) is 0.580. The summed E-state index contributed by atoms with van der Waals surface area (Å²) in [6.45, 7) is 5.55. The summed E-state index contributed by atoms with van der Waals surface area (Å²) in [5, 5.41) is 24.0. The minimum absolute atomic E-state index is 0.111. The van der Waals surface area contributed by atoms with Crippen molar-refractivity contribution < 1.29 is 4.92 Å². The first-order chi connectivity index (χ1) is 8.06. The molecule has 17 heavy (non-hydrogen) atoms. The van der Waals surface area contributed by atoms with Crippen LogP contribution in [0.25, 0.3) is 0 Å². The number of aryl methyl sites for hydroxylation is 1. The number of hydrogen-bond donors (Lipinski definition) is 0. The van der Waals surface area contributed by atoms with Gasteiger partial charge in [0, 0.05) is 0 Å². The van der Waals surface area contributed by atoms with Crippen molar-refractivity contribution in [2.45, 2.75) is 46.1 Å². The molecule has 0 aliphatic heterocycles. The highest BCUT2D eigenvalue weighted by molar-refractivity contribution is 5.41. The van der Waals surface area contributed by atoms with Gasteiger partial charge in [-0.25, -0.2) is 0 Å². The van der Waals surface area contributed by atoms with Crippen LogP contribution in [0.3, 0.4) is 0 Å². The maximum absolute atomic E-state index is 11.0. The van der Waals surface area contributed by atoms with Crippen LogP contribution in [0, 0.1) is 21.4 Å². The van der Waals surface area contributed by atoms with Gasteiger partial charge in [0.1, 0.15) is 11.4 Å². The van der Waals surface area contributed by atoms with Crippen LogP contribution in [0.5, 0.6) is 0 Å². The third-order valence-electron chi connectivity index (χ3n) is 2.71. The summed E-state index contributed by atoms with van der Waals surface area (Å²) < 4.78 is 1.63. The number of rotatable bonds is 5. The van der Waals surface area contributed by atoms with Gasteiger partial charge in [-0.3, -0.25) is 14.8 Å². The second-order valence-corrected chi connectivity index (χ2v) is 3.86. The Balaban J connectivity index is 3.32. The maximum Gasteiger partial charge on any atom is 0.313 e. The lowest BCUT2D eigenvalue weighted by molar-refractivity contribution is -0.386. The van der Waals surface area contributed by atoms with Crippen LogP contribution in [0.1, 0.15) is 44.6 Å². The summed E-state index contributed by atoms with van der Waals surface area (Å²) in [7, 11) is 0. The number of nitrogens with zero attached hydrogens (tertiary/aromatic N) is 4. The Morgan fingerprint density at radius 1 is 1.53 bits per heavy atom. The molecule has 0 N–H and O–H groups in total. The molecule has 0 saturated heterocycles. The van der Waals surface area contributed by atoms with Gasteiger partial charge in [0.15, 0.2) is 0 Å². The fraction of sp³-hybridized carbons (Fsp3) is 0.636. The van der Waals surface area contributed by atoms with Gasteiger partial charge in [-0.2, -0.15) is 10.4 Å². The standard InChI is InChI=1S/C11H16N4O2/c1-4-9-11(15(16)17)10(5-2)14(13-9)8(3)6-7-12/h8H,4-6H2,1-3H3. The molecule has 92 valence electrons. The molecule has 0 radical (unpaired) electrons. The highest BCUT2D eigenvalue weighted by atomic mass is 16.6. The largest absolute Gasteiger partial charge is 0.313 e. The lowest BCUT2D eigenvalue weighted by atomic mass is 10.2. The first-order valence-corrected chi connectivity index (χ1v) is 5.68. The van der Waals surface area contributed by atoms with Gasteiger partial charge in [0.2, 0.25) is 0 Å². The first-order valence-electron chi connectivity index (χ1n) is 5.68. The van der Waals surface area contributed by atoms with Gasteiger partial charge < -0.3 is 0 Å². The van der Waals surface area contributed by atoms with Crippen molar-refractivity contribution in [1.29, 1.82) is 5.26 Å².